The van der Waals surface area contributed by atoms with E-state index in [4.69, 9.17) is 11.6 Å². The Morgan fingerprint density at radius 1 is 1.05 bits per heavy atom. The highest BCUT2D eigenvalue weighted by molar-refractivity contribution is 6.31. The van der Waals surface area contributed by atoms with Gasteiger partial charge in [0.1, 0.15) is 17.8 Å². The van der Waals surface area contributed by atoms with Gasteiger partial charge in [0.05, 0.1) is 5.52 Å². The normalized spacial score (nSPS) is 15.3. The number of hydrogen-bond donors (Lipinski definition) is 3. The van der Waals surface area contributed by atoms with E-state index in [9.17, 15) is 46.5 Å². The van der Waals surface area contributed by atoms with Gasteiger partial charge in [0, 0.05) is 21.7 Å². The van der Waals surface area contributed by atoms with Crippen LogP contribution in [0.3, 0.4) is 0 Å². The number of fused-ring (bicyclic) bond motifs is 1. The summed E-state index contributed by atoms with van der Waals surface area (Å²) in [6.07, 6.45) is -13.5. The monoisotopic (exact) mass is 547 g/mol. The van der Waals surface area contributed by atoms with Crippen LogP contribution in [-0.2, 0) is 6.10 Å². The fourth-order valence-electron chi connectivity index (χ4n) is 3.69. The number of aromatic nitrogens is 2. The molecule has 0 unspecified atom stereocenters. The smallest absolute Gasteiger partial charge is 0.325 e. The second kappa shape index (κ2) is 8.91. The van der Waals surface area contributed by atoms with Gasteiger partial charge in [-0.25, -0.2) is 9.36 Å². The molecule has 0 radical (unpaired) electrons. The van der Waals surface area contributed by atoms with Crippen molar-refractivity contribution in [2.24, 2.45) is 5.41 Å². The van der Waals surface area contributed by atoms with Gasteiger partial charge in [-0.2, -0.15) is 31.3 Å². The number of halogens is 7. The largest absolute Gasteiger partial charge is 0.406 e. The molecule has 0 bridgehead atoms. The van der Waals surface area contributed by atoms with Crippen molar-refractivity contribution in [2.45, 2.75) is 31.3 Å². The molecule has 0 spiro atoms. The van der Waals surface area contributed by atoms with Gasteiger partial charge < -0.3 is 20.2 Å². The summed E-state index contributed by atoms with van der Waals surface area (Å²) >= 11 is 5.91. The quantitative estimate of drug-likeness (QED) is 0.260. The van der Waals surface area contributed by atoms with Crippen molar-refractivity contribution in [3.8, 4) is 11.8 Å². The van der Waals surface area contributed by atoms with Crippen LogP contribution in [0.5, 0.6) is 0 Å². The van der Waals surface area contributed by atoms with Crippen molar-refractivity contribution in [2.75, 3.05) is 11.4 Å². The summed E-state index contributed by atoms with van der Waals surface area (Å²) in [5, 5.41) is 28.6. The second-order valence-electron chi connectivity index (χ2n) is 8.40. The topological polar surface area (TPSA) is 98.8 Å². The van der Waals surface area contributed by atoms with E-state index in [1.165, 1.54) is 24.3 Å². The van der Waals surface area contributed by atoms with Gasteiger partial charge in [0.25, 0.3) is 0 Å². The number of hydrogen-bond acceptors (Lipinski definition) is 6. The number of rotatable bonds is 4. The Kier molecular flexibility index (Phi) is 6.44. The lowest BCUT2D eigenvalue weighted by Gasteiger charge is -2.28. The van der Waals surface area contributed by atoms with Gasteiger partial charge in [0.15, 0.2) is 0 Å². The molecule has 3 N–H and O–H groups in total. The average Bonchev–Trinajstić information content (AvgIpc) is 3.55. The molecule has 0 atom stereocenters. The summed E-state index contributed by atoms with van der Waals surface area (Å²) in [5.41, 5.74) is -4.37. The third-order valence-electron chi connectivity index (χ3n) is 5.62. The van der Waals surface area contributed by atoms with E-state index in [2.05, 4.69) is 16.8 Å². The molecule has 1 aliphatic rings. The van der Waals surface area contributed by atoms with E-state index in [1.807, 2.05) is 0 Å². The minimum atomic E-state index is -4.85. The lowest BCUT2D eigenvalue weighted by Crippen LogP contribution is -2.43. The lowest BCUT2D eigenvalue weighted by molar-refractivity contribution is -0.374. The molecular formula is C23H16ClF6N3O4. The summed E-state index contributed by atoms with van der Waals surface area (Å²) < 4.78 is 80.5. The van der Waals surface area contributed by atoms with Gasteiger partial charge in [-0.15, -0.1) is 0 Å². The van der Waals surface area contributed by atoms with E-state index < -0.39 is 47.4 Å². The third-order valence-corrected chi connectivity index (χ3v) is 5.86. The molecule has 14 heteroatoms. The Hall–Kier alpha value is -3.31. The highest BCUT2D eigenvalue weighted by atomic mass is 35.5. The minimum absolute atomic E-state index is 0.0115. The maximum atomic E-state index is 13.6. The molecule has 0 saturated heterocycles. The summed E-state index contributed by atoms with van der Waals surface area (Å²) in [4.78, 5) is 16.7. The SMILES string of the molecule is O=c1nc(N(CC(F)(F)F)c2cccc(C#CC3(C(F)(F)F)CC3)c2)c2ccc(Cl)cc2n1C(O)(O)O. The van der Waals surface area contributed by atoms with Gasteiger partial charge in [-0.05, 0) is 49.2 Å². The predicted molar refractivity (Wildman–Crippen MR) is 120 cm³/mol. The van der Waals surface area contributed by atoms with E-state index in [1.54, 1.807) is 0 Å². The van der Waals surface area contributed by atoms with Gasteiger partial charge in [0.2, 0.25) is 0 Å². The average molecular weight is 548 g/mol. The fraction of sp³-hybridized carbons (Fsp3) is 0.304. The Balaban J connectivity index is 1.90. The van der Waals surface area contributed by atoms with Crippen LogP contribution in [0.2, 0.25) is 5.02 Å². The highest BCUT2D eigenvalue weighted by Crippen LogP contribution is 2.57. The van der Waals surface area contributed by atoms with Gasteiger partial charge in [-0.3, -0.25) is 0 Å². The standard InChI is InChI=1S/C23H16ClF6N3O4/c24-14-4-5-16-17(11-14)33(23(35,36)37)19(34)31-18(16)32(12-21(25,26)27)15-3-1-2-13(10-15)6-7-20(8-9-20)22(28,29)30/h1-5,10-11,35-37H,8-9,12H2. The predicted octanol–water partition coefficient (Wildman–Crippen LogP) is 3.99. The van der Waals surface area contributed by atoms with E-state index >= 15 is 0 Å². The van der Waals surface area contributed by atoms with Crippen LogP contribution in [-0.4, -0.2) is 43.8 Å². The zero-order chi connectivity index (χ0) is 27.4. The van der Waals surface area contributed by atoms with Gasteiger partial charge in [-0.1, -0.05) is 29.5 Å². The minimum Gasteiger partial charge on any atom is -0.325 e. The molecule has 1 heterocycles. The maximum absolute atomic E-state index is 13.6. The second-order valence-corrected chi connectivity index (χ2v) is 8.83. The van der Waals surface area contributed by atoms with E-state index in [0.29, 0.717) is 4.90 Å². The van der Waals surface area contributed by atoms with E-state index in [-0.39, 0.29) is 39.1 Å². The van der Waals surface area contributed by atoms with E-state index in [0.717, 1.165) is 18.2 Å². The molecule has 4 rings (SSSR count). The Labute approximate surface area is 209 Å². The summed E-state index contributed by atoms with van der Waals surface area (Å²) in [5.74, 6) is 3.95. The molecule has 2 aromatic carbocycles. The van der Waals surface area contributed by atoms with Crippen molar-refractivity contribution >= 4 is 34.0 Å². The zero-order valence-electron chi connectivity index (χ0n) is 18.4. The number of aliphatic hydroxyl groups is 3. The van der Waals surface area contributed by atoms with Crippen LogP contribution in [0.25, 0.3) is 10.9 Å². The van der Waals surface area contributed by atoms with Crippen LogP contribution in [0.4, 0.5) is 37.8 Å². The molecule has 1 aromatic heterocycles. The molecule has 1 saturated carbocycles. The van der Waals surface area contributed by atoms with Crippen molar-refractivity contribution in [3.63, 3.8) is 0 Å². The molecule has 1 fully saturated rings. The van der Waals surface area contributed by atoms with Crippen LogP contribution >= 0.6 is 11.6 Å². The van der Waals surface area contributed by atoms with Crippen molar-refractivity contribution in [1.29, 1.82) is 0 Å². The summed E-state index contributed by atoms with van der Waals surface area (Å²) in [6, 6.07) is 8.28. The van der Waals surface area contributed by atoms with Crippen LogP contribution in [0, 0.1) is 17.3 Å². The van der Waals surface area contributed by atoms with Crippen molar-refractivity contribution < 1.29 is 41.7 Å². The third kappa shape index (κ3) is 5.52. The molecule has 0 aliphatic heterocycles. The van der Waals surface area contributed by atoms with Crippen LogP contribution in [0.15, 0.2) is 47.3 Å². The lowest BCUT2D eigenvalue weighted by atomic mass is 10.1. The van der Waals surface area contributed by atoms with Crippen molar-refractivity contribution in [3.05, 3.63) is 63.5 Å². The molecule has 1 aliphatic carbocycles. The molecular weight excluding hydrogens is 532 g/mol. The van der Waals surface area contributed by atoms with Gasteiger partial charge >= 0.3 is 24.1 Å². The number of alkyl halides is 6. The summed E-state index contributed by atoms with van der Waals surface area (Å²) in [7, 11) is 0. The zero-order valence-corrected chi connectivity index (χ0v) is 19.2. The van der Waals surface area contributed by atoms with Crippen LogP contribution < -0.4 is 10.6 Å². The number of benzene rings is 2. The fourth-order valence-corrected chi connectivity index (χ4v) is 3.86. The Bertz CT molecular complexity index is 1480. The maximum Gasteiger partial charge on any atom is 0.406 e. The molecule has 37 heavy (non-hydrogen) atoms. The highest BCUT2D eigenvalue weighted by Gasteiger charge is 2.62. The Morgan fingerprint density at radius 2 is 1.73 bits per heavy atom. The first kappa shape index (κ1) is 26.7. The molecule has 0 amide bonds. The van der Waals surface area contributed by atoms with Crippen LogP contribution in [0.1, 0.15) is 18.4 Å². The first-order valence-corrected chi connectivity index (χ1v) is 10.8. The first-order chi connectivity index (χ1) is 17.0. The molecule has 3 aromatic rings. The number of nitrogens with zero attached hydrogens (tertiary/aromatic N) is 3. The number of anilines is 2. The van der Waals surface area contributed by atoms with Crippen molar-refractivity contribution in [1.82, 2.24) is 9.55 Å². The Morgan fingerprint density at radius 3 is 2.30 bits per heavy atom. The summed E-state index contributed by atoms with van der Waals surface area (Å²) in [6.45, 7) is -1.69. The first-order valence-electron chi connectivity index (χ1n) is 10.4. The molecule has 7 nitrogen and oxygen atoms in total. The molecule has 196 valence electrons.